The number of furan rings is 1. The van der Waals surface area contributed by atoms with Crippen LogP contribution in [0.3, 0.4) is 0 Å². The number of carbonyl (C=O) groups excluding carboxylic acids is 1. The van der Waals surface area contributed by atoms with Crippen LogP contribution in [0.5, 0.6) is 5.75 Å². The van der Waals surface area contributed by atoms with Gasteiger partial charge in [-0.1, -0.05) is 18.2 Å². The Labute approximate surface area is 178 Å². The topological polar surface area (TPSA) is 63.9 Å². The molecule has 1 atom stereocenters. The number of hydrogen-bond acceptors (Lipinski definition) is 5. The summed E-state index contributed by atoms with van der Waals surface area (Å²) in [7, 11) is 1.64. The second-order valence-electron chi connectivity index (χ2n) is 8.56. The van der Waals surface area contributed by atoms with Gasteiger partial charge in [0.2, 0.25) is 5.91 Å². The molecule has 0 aliphatic carbocycles. The molecule has 0 saturated carbocycles. The number of aryl methyl sites for hydroxylation is 1. The number of para-hydroxylation sites is 1. The normalized spacial score (nSPS) is 20.5. The van der Waals surface area contributed by atoms with Crippen LogP contribution in [0.2, 0.25) is 0 Å². The molecule has 2 aliphatic rings. The van der Waals surface area contributed by atoms with Crippen LogP contribution in [0.25, 0.3) is 0 Å². The van der Waals surface area contributed by atoms with E-state index in [2.05, 4.69) is 22.3 Å². The minimum Gasteiger partial charge on any atom is -0.487 e. The molecule has 4 rings (SSSR count). The summed E-state index contributed by atoms with van der Waals surface area (Å²) in [5, 5.41) is 2.97. The van der Waals surface area contributed by atoms with Crippen LogP contribution in [0.15, 0.2) is 40.8 Å². The largest absolute Gasteiger partial charge is 0.487 e. The molecule has 1 unspecified atom stereocenters. The van der Waals surface area contributed by atoms with Crippen molar-refractivity contribution in [1.82, 2.24) is 10.2 Å². The average molecular weight is 413 g/mol. The van der Waals surface area contributed by atoms with Gasteiger partial charge in [-0.25, -0.2) is 0 Å². The Morgan fingerprint density at radius 2 is 2.03 bits per heavy atom. The lowest BCUT2D eigenvalue weighted by atomic mass is 9.76. The number of ether oxygens (including phenoxy) is 2. The van der Waals surface area contributed by atoms with Gasteiger partial charge in [-0.3, -0.25) is 9.69 Å². The molecule has 6 nitrogen and oxygen atoms in total. The van der Waals surface area contributed by atoms with Gasteiger partial charge in [-0.15, -0.1) is 0 Å². The second-order valence-corrected chi connectivity index (χ2v) is 8.56. The summed E-state index contributed by atoms with van der Waals surface area (Å²) in [6, 6.07) is 12.3. The van der Waals surface area contributed by atoms with E-state index in [9.17, 15) is 4.79 Å². The van der Waals surface area contributed by atoms with Gasteiger partial charge >= 0.3 is 0 Å². The van der Waals surface area contributed by atoms with E-state index >= 15 is 0 Å². The molecule has 30 heavy (non-hydrogen) atoms. The summed E-state index contributed by atoms with van der Waals surface area (Å²) < 4.78 is 17.4. The average Bonchev–Trinajstić information content (AvgIpc) is 3.15. The fourth-order valence-electron chi connectivity index (χ4n) is 4.73. The monoisotopic (exact) mass is 412 g/mol. The lowest BCUT2D eigenvalue weighted by Crippen LogP contribution is -2.50. The first-order valence-corrected chi connectivity index (χ1v) is 10.9. The molecule has 1 amide bonds. The molecular weight excluding hydrogens is 380 g/mol. The maximum absolute atomic E-state index is 12.5. The molecule has 6 heteroatoms. The summed E-state index contributed by atoms with van der Waals surface area (Å²) in [5.41, 5.74) is 0.958. The van der Waals surface area contributed by atoms with Crippen molar-refractivity contribution in [3.63, 3.8) is 0 Å². The number of nitrogens with one attached hydrogen (secondary N) is 1. The van der Waals surface area contributed by atoms with Crippen molar-refractivity contribution in [2.75, 3.05) is 33.4 Å². The highest BCUT2D eigenvalue weighted by atomic mass is 16.5. The first-order valence-electron chi connectivity index (χ1n) is 10.9. The van der Waals surface area contributed by atoms with Crippen molar-refractivity contribution in [3.05, 3.63) is 53.5 Å². The number of benzene rings is 1. The maximum atomic E-state index is 12.5. The third-order valence-electron chi connectivity index (χ3n) is 6.31. The third kappa shape index (κ3) is 4.87. The molecule has 1 spiro atoms. The Kier molecular flexibility index (Phi) is 6.44. The third-order valence-corrected chi connectivity index (χ3v) is 6.31. The zero-order valence-electron chi connectivity index (χ0n) is 18.0. The number of carbonyl (C=O) groups is 1. The summed E-state index contributed by atoms with van der Waals surface area (Å²) in [6.45, 7) is 5.83. The molecule has 0 bridgehead atoms. The van der Waals surface area contributed by atoms with E-state index < -0.39 is 0 Å². The fourth-order valence-corrected chi connectivity index (χ4v) is 4.73. The summed E-state index contributed by atoms with van der Waals surface area (Å²) in [6.07, 6.45) is 3.29. The van der Waals surface area contributed by atoms with Gasteiger partial charge in [0.05, 0.1) is 13.2 Å². The van der Waals surface area contributed by atoms with Crippen molar-refractivity contribution in [3.8, 4) is 5.75 Å². The number of fused-ring (bicyclic) bond motifs is 1. The van der Waals surface area contributed by atoms with Crippen molar-refractivity contribution in [2.45, 2.75) is 50.7 Å². The van der Waals surface area contributed by atoms with E-state index in [0.717, 1.165) is 61.7 Å². The van der Waals surface area contributed by atoms with Gasteiger partial charge < -0.3 is 19.2 Å². The number of nitrogens with zero attached hydrogens (tertiary/aromatic N) is 1. The summed E-state index contributed by atoms with van der Waals surface area (Å²) in [4.78, 5) is 14.9. The van der Waals surface area contributed by atoms with Gasteiger partial charge in [-0.2, -0.15) is 0 Å². The highest BCUT2D eigenvalue weighted by molar-refractivity contribution is 5.77. The first kappa shape index (κ1) is 20.9. The molecule has 1 fully saturated rings. The van der Waals surface area contributed by atoms with Crippen LogP contribution in [0.1, 0.15) is 48.7 Å². The molecular formula is C24H32N2O4. The van der Waals surface area contributed by atoms with Crippen molar-refractivity contribution in [2.24, 2.45) is 0 Å². The fraction of sp³-hybridized carbons (Fsp3) is 0.542. The highest BCUT2D eigenvalue weighted by Gasteiger charge is 2.43. The molecule has 3 heterocycles. The van der Waals surface area contributed by atoms with Gasteiger partial charge in [0.25, 0.3) is 0 Å². The van der Waals surface area contributed by atoms with Gasteiger partial charge in [-0.05, 0) is 49.9 Å². The zero-order chi connectivity index (χ0) is 21.0. The van der Waals surface area contributed by atoms with Crippen molar-refractivity contribution >= 4 is 5.91 Å². The minimum absolute atomic E-state index is 0.0783. The van der Waals surface area contributed by atoms with Gasteiger partial charge in [0, 0.05) is 39.1 Å². The Hall–Kier alpha value is -2.31. The number of piperidine rings is 1. The van der Waals surface area contributed by atoms with Crippen molar-refractivity contribution < 1.29 is 18.7 Å². The molecule has 1 aromatic heterocycles. The predicted molar refractivity (Wildman–Crippen MR) is 115 cm³/mol. The molecule has 0 radical (unpaired) electrons. The Bertz CT molecular complexity index is 854. The number of rotatable bonds is 7. The molecule has 1 aromatic carbocycles. The van der Waals surface area contributed by atoms with Crippen LogP contribution in [0, 0.1) is 6.92 Å². The first-order chi connectivity index (χ1) is 14.6. The lowest BCUT2D eigenvalue weighted by molar-refractivity contribution is -0.122. The lowest BCUT2D eigenvalue weighted by Gasteiger charge is -2.46. The van der Waals surface area contributed by atoms with E-state index in [0.29, 0.717) is 19.6 Å². The Balaban J connectivity index is 1.41. The zero-order valence-corrected chi connectivity index (χ0v) is 18.0. The van der Waals surface area contributed by atoms with Crippen LogP contribution in [-0.2, 0) is 16.1 Å². The molecule has 2 aromatic rings. The standard InChI is InChI=1S/C24H32N2O4/c1-18-7-8-20(29-18)17-26-12-9-24(10-13-26)16-19(15-23(27)25-11-14-28-2)21-5-3-4-6-22(21)30-24/h3-8,19H,9-17H2,1-2H3,(H,25,27). The highest BCUT2D eigenvalue weighted by Crippen LogP contribution is 2.46. The predicted octanol–water partition coefficient (Wildman–Crippen LogP) is 3.64. The van der Waals surface area contributed by atoms with Gasteiger partial charge in [0.15, 0.2) is 0 Å². The van der Waals surface area contributed by atoms with Gasteiger partial charge in [0.1, 0.15) is 22.9 Å². The summed E-state index contributed by atoms with van der Waals surface area (Å²) in [5.74, 6) is 3.17. The van der Waals surface area contributed by atoms with E-state index in [1.54, 1.807) is 7.11 Å². The van der Waals surface area contributed by atoms with Crippen LogP contribution in [0.4, 0.5) is 0 Å². The van der Waals surface area contributed by atoms with Crippen molar-refractivity contribution in [1.29, 1.82) is 0 Å². The quantitative estimate of drug-likeness (QED) is 0.704. The van der Waals surface area contributed by atoms with Crippen LogP contribution in [-0.4, -0.2) is 49.8 Å². The molecule has 1 N–H and O–H groups in total. The van der Waals surface area contributed by atoms with E-state index in [1.807, 2.05) is 31.2 Å². The maximum Gasteiger partial charge on any atom is 0.220 e. The number of likely N-dealkylation sites (tertiary alicyclic amines) is 1. The van der Waals surface area contributed by atoms with E-state index in [1.165, 1.54) is 0 Å². The molecule has 1 saturated heterocycles. The Morgan fingerprint density at radius 3 is 2.77 bits per heavy atom. The molecule has 162 valence electrons. The van der Waals surface area contributed by atoms with E-state index in [-0.39, 0.29) is 17.4 Å². The van der Waals surface area contributed by atoms with Crippen LogP contribution >= 0.6 is 0 Å². The number of methoxy groups -OCH3 is 1. The second kappa shape index (κ2) is 9.23. The minimum atomic E-state index is -0.193. The Morgan fingerprint density at radius 1 is 1.23 bits per heavy atom. The SMILES string of the molecule is COCCNC(=O)CC1CC2(CCN(Cc3ccc(C)o3)CC2)Oc2ccccc21. The summed E-state index contributed by atoms with van der Waals surface area (Å²) >= 11 is 0. The smallest absolute Gasteiger partial charge is 0.220 e. The van der Waals surface area contributed by atoms with E-state index in [4.69, 9.17) is 13.9 Å². The van der Waals surface area contributed by atoms with Crippen LogP contribution < -0.4 is 10.1 Å². The molecule has 2 aliphatic heterocycles. The number of amides is 1. The number of hydrogen-bond donors (Lipinski definition) is 1.